The van der Waals surface area contributed by atoms with E-state index in [4.69, 9.17) is 4.52 Å². The summed E-state index contributed by atoms with van der Waals surface area (Å²) in [6.07, 6.45) is -0.322. The summed E-state index contributed by atoms with van der Waals surface area (Å²) in [4.78, 5) is 11.8. The van der Waals surface area contributed by atoms with Gasteiger partial charge in [-0.1, -0.05) is 5.16 Å². The lowest BCUT2D eigenvalue weighted by Gasteiger charge is -2.32. The Labute approximate surface area is 129 Å². The van der Waals surface area contributed by atoms with Gasteiger partial charge in [0.15, 0.2) is 5.58 Å². The van der Waals surface area contributed by atoms with E-state index < -0.39 is 23.8 Å². The van der Waals surface area contributed by atoms with Gasteiger partial charge in [-0.3, -0.25) is 0 Å². The van der Waals surface area contributed by atoms with Crippen molar-refractivity contribution in [1.29, 1.82) is 0 Å². The van der Waals surface area contributed by atoms with Crippen LogP contribution < -0.4 is 16.0 Å². The van der Waals surface area contributed by atoms with Crippen LogP contribution >= 0.6 is 0 Å². The summed E-state index contributed by atoms with van der Waals surface area (Å²) in [5.74, 6) is -3.40. The number of nitrogens with one attached hydrogen (secondary N) is 3. The van der Waals surface area contributed by atoms with Crippen LogP contribution in [-0.2, 0) is 6.54 Å². The van der Waals surface area contributed by atoms with Gasteiger partial charge in [0.05, 0.1) is 6.54 Å². The van der Waals surface area contributed by atoms with Gasteiger partial charge in [-0.05, 0) is 12.1 Å². The van der Waals surface area contributed by atoms with Gasteiger partial charge in [-0.2, -0.15) is 0 Å². The first-order chi connectivity index (χ1) is 11.0. The maximum Gasteiger partial charge on any atom is 0.315 e. The zero-order valence-electron chi connectivity index (χ0n) is 12.0. The van der Waals surface area contributed by atoms with Gasteiger partial charge in [-0.25, -0.2) is 18.0 Å². The van der Waals surface area contributed by atoms with Crippen molar-refractivity contribution >= 4 is 17.0 Å². The average Bonchev–Trinajstić information content (AvgIpc) is 2.89. The van der Waals surface area contributed by atoms with E-state index in [1.54, 1.807) is 0 Å². The molecule has 0 saturated carbocycles. The Bertz CT molecular complexity index is 719. The first kappa shape index (κ1) is 15.6. The molecule has 2 heterocycles. The highest BCUT2D eigenvalue weighted by atomic mass is 19.3. The molecule has 1 aromatic carbocycles. The molecule has 1 atom stereocenters. The first-order valence-electron chi connectivity index (χ1n) is 7.12. The number of alkyl halides is 2. The largest absolute Gasteiger partial charge is 0.356 e. The van der Waals surface area contributed by atoms with Crippen LogP contribution in [0, 0.1) is 5.82 Å². The van der Waals surface area contributed by atoms with Gasteiger partial charge in [0, 0.05) is 31.0 Å². The van der Waals surface area contributed by atoms with Crippen molar-refractivity contribution in [3.8, 4) is 0 Å². The first-order valence-corrected chi connectivity index (χ1v) is 7.12. The van der Waals surface area contributed by atoms with Crippen molar-refractivity contribution in [3.63, 3.8) is 0 Å². The van der Waals surface area contributed by atoms with Crippen LogP contribution in [0.3, 0.4) is 0 Å². The molecule has 9 heteroatoms. The second-order valence-corrected chi connectivity index (χ2v) is 5.36. The second kappa shape index (κ2) is 6.07. The molecule has 0 spiro atoms. The molecule has 0 radical (unpaired) electrons. The van der Waals surface area contributed by atoms with Crippen molar-refractivity contribution < 1.29 is 22.5 Å². The topological polar surface area (TPSA) is 79.2 Å². The fraction of sp³-hybridized carbons (Fsp3) is 0.429. The van der Waals surface area contributed by atoms with Crippen molar-refractivity contribution in [2.45, 2.75) is 24.9 Å². The second-order valence-electron chi connectivity index (χ2n) is 5.36. The molecule has 1 unspecified atom stereocenters. The Morgan fingerprint density at radius 1 is 1.48 bits per heavy atom. The predicted octanol–water partition coefficient (Wildman–Crippen LogP) is 1.76. The number of halogens is 3. The molecule has 3 rings (SSSR count). The molecule has 23 heavy (non-hydrogen) atoms. The number of hydrogen-bond acceptors (Lipinski definition) is 4. The van der Waals surface area contributed by atoms with Gasteiger partial charge in [0.2, 0.25) is 0 Å². The lowest BCUT2D eigenvalue weighted by Crippen LogP contribution is -2.59. The Hall–Kier alpha value is -2.29. The minimum absolute atomic E-state index is 0.00654. The predicted molar refractivity (Wildman–Crippen MR) is 75.6 cm³/mol. The number of carbonyl (C=O) groups excluding carboxylic acids is 1. The zero-order valence-corrected chi connectivity index (χ0v) is 12.0. The van der Waals surface area contributed by atoms with Gasteiger partial charge >= 0.3 is 6.03 Å². The molecular formula is C14H15F3N4O2. The number of aromatic nitrogens is 1. The van der Waals surface area contributed by atoms with Gasteiger partial charge in [0.1, 0.15) is 17.6 Å². The van der Waals surface area contributed by atoms with Gasteiger partial charge < -0.3 is 20.5 Å². The summed E-state index contributed by atoms with van der Waals surface area (Å²) in [6.45, 7) is 0.205. The van der Waals surface area contributed by atoms with Crippen molar-refractivity contribution in [2.24, 2.45) is 0 Å². The van der Waals surface area contributed by atoms with Crippen LogP contribution in [0.15, 0.2) is 22.7 Å². The molecule has 6 nitrogen and oxygen atoms in total. The fourth-order valence-electron chi connectivity index (χ4n) is 2.45. The maximum absolute atomic E-state index is 13.6. The number of carbonyl (C=O) groups is 1. The molecule has 1 aliphatic heterocycles. The van der Waals surface area contributed by atoms with E-state index in [0.717, 1.165) is 0 Å². The quantitative estimate of drug-likeness (QED) is 0.802. The molecule has 0 bridgehead atoms. The van der Waals surface area contributed by atoms with Crippen LogP contribution in [0.25, 0.3) is 11.0 Å². The van der Waals surface area contributed by atoms with Crippen LogP contribution in [-0.4, -0.2) is 36.2 Å². The zero-order chi connectivity index (χ0) is 16.4. The normalized spacial score (nSPS) is 20.4. The minimum atomic E-state index is -2.94. The summed E-state index contributed by atoms with van der Waals surface area (Å²) in [5.41, 5.74) is 0.647. The average molecular weight is 328 g/mol. The lowest BCUT2D eigenvalue weighted by atomic mass is 10.0. The molecule has 1 aliphatic rings. The molecule has 1 fully saturated rings. The van der Waals surface area contributed by atoms with E-state index in [2.05, 4.69) is 21.1 Å². The maximum atomic E-state index is 13.6. The summed E-state index contributed by atoms with van der Waals surface area (Å²) in [7, 11) is 0. The van der Waals surface area contributed by atoms with E-state index in [9.17, 15) is 18.0 Å². The van der Waals surface area contributed by atoms with E-state index in [1.165, 1.54) is 18.2 Å². The molecule has 0 aliphatic carbocycles. The SMILES string of the molecule is O=C(NCc1noc2cc(F)ccc12)NC1CNCCC1(F)F. The number of benzene rings is 1. The smallest absolute Gasteiger partial charge is 0.315 e. The number of hydrogen-bond donors (Lipinski definition) is 3. The summed E-state index contributed by atoms with van der Waals surface area (Å²) < 4.78 is 45.3. The molecule has 3 N–H and O–H groups in total. The molecule has 2 aromatic rings. The Morgan fingerprint density at radius 3 is 3.09 bits per heavy atom. The summed E-state index contributed by atoms with van der Waals surface area (Å²) >= 11 is 0. The van der Waals surface area contributed by atoms with Crippen LogP contribution in [0.4, 0.5) is 18.0 Å². The number of nitrogens with zero attached hydrogens (tertiary/aromatic N) is 1. The minimum Gasteiger partial charge on any atom is -0.356 e. The standard InChI is InChI=1S/C14H15F3N4O2/c15-8-1-2-9-10(21-23-11(9)5-8)6-19-13(22)20-12-7-18-4-3-14(12,16)17/h1-2,5,12,18H,3-4,6-7H2,(H2,19,20,22). The highest BCUT2D eigenvalue weighted by Crippen LogP contribution is 2.25. The van der Waals surface area contributed by atoms with Crippen molar-refractivity contribution in [3.05, 3.63) is 29.7 Å². The summed E-state index contributed by atoms with van der Waals surface area (Å²) in [6, 6.07) is 1.92. The Morgan fingerprint density at radius 2 is 2.30 bits per heavy atom. The highest BCUT2D eigenvalue weighted by Gasteiger charge is 2.42. The molecule has 1 saturated heterocycles. The van der Waals surface area contributed by atoms with Crippen LogP contribution in [0.1, 0.15) is 12.1 Å². The van der Waals surface area contributed by atoms with Crippen LogP contribution in [0.2, 0.25) is 0 Å². The number of urea groups is 1. The molecule has 124 valence electrons. The van der Waals surface area contributed by atoms with E-state index in [1.807, 2.05) is 0 Å². The number of amides is 2. The summed E-state index contributed by atoms with van der Waals surface area (Å²) in [5, 5.41) is 11.8. The van der Waals surface area contributed by atoms with Crippen molar-refractivity contribution in [2.75, 3.05) is 13.1 Å². The third-order valence-corrected chi connectivity index (χ3v) is 3.72. The monoisotopic (exact) mass is 328 g/mol. The number of piperidine rings is 1. The van der Waals surface area contributed by atoms with Gasteiger partial charge in [0.25, 0.3) is 5.92 Å². The highest BCUT2D eigenvalue weighted by molar-refractivity contribution is 5.80. The van der Waals surface area contributed by atoms with E-state index >= 15 is 0 Å². The molecule has 2 amide bonds. The fourth-order valence-corrected chi connectivity index (χ4v) is 2.45. The molecule has 1 aromatic heterocycles. The van der Waals surface area contributed by atoms with E-state index in [0.29, 0.717) is 11.1 Å². The van der Waals surface area contributed by atoms with Gasteiger partial charge in [-0.15, -0.1) is 0 Å². The Balaban J connectivity index is 1.60. The number of fused-ring (bicyclic) bond motifs is 1. The van der Waals surface area contributed by atoms with Crippen LogP contribution in [0.5, 0.6) is 0 Å². The van der Waals surface area contributed by atoms with E-state index in [-0.39, 0.29) is 31.6 Å². The lowest BCUT2D eigenvalue weighted by molar-refractivity contribution is -0.0530. The molecular weight excluding hydrogens is 313 g/mol. The number of rotatable bonds is 3. The third kappa shape index (κ3) is 3.39. The Kier molecular flexibility index (Phi) is 4.12. The third-order valence-electron chi connectivity index (χ3n) is 3.72. The van der Waals surface area contributed by atoms with Crippen molar-refractivity contribution in [1.82, 2.24) is 21.1 Å².